The Morgan fingerprint density at radius 1 is 1.29 bits per heavy atom. The number of rotatable bonds is 5. The second-order valence-electron chi connectivity index (χ2n) is 7.18. The molecule has 28 heavy (non-hydrogen) atoms. The Balaban J connectivity index is 1.55. The van der Waals surface area contributed by atoms with Gasteiger partial charge in [-0.15, -0.1) is 0 Å². The summed E-state index contributed by atoms with van der Waals surface area (Å²) in [5, 5.41) is 9.16. The molecule has 6 heteroatoms. The lowest BCUT2D eigenvalue weighted by atomic mass is 10.1. The van der Waals surface area contributed by atoms with Crippen molar-refractivity contribution in [2.45, 2.75) is 39.3 Å². The summed E-state index contributed by atoms with van der Waals surface area (Å²) >= 11 is 0. The molecule has 1 N–H and O–H groups in total. The van der Waals surface area contributed by atoms with Crippen LogP contribution in [0.15, 0.2) is 47.4 Å². The number of nitriles is 1. The fourth-order valence-corrected chi connectivity index (χ4v) is 3.77. The summed E-state index contributed by atoms with van der Waals surface area (Å²) in [5.74, 6) is 0.797. The highest BCUT2D eigenvalue weighted by Gasteiger charge is 2.22. The van der Waals surface area contributed by atoms with E-state index in [2.05, 4.69) is 38.5 Å². The van der Waals surface area contributed by atoms with Gasteiger partial charge in [0.1, 0.15) is 5.82 Å². The number of fused-ring (bicyclic) bond motifs is 1. The Morgan fingerprint density at radius 2 is 2.18 bits per heavy atom. The first-order valence-corrected chi connectivity index (χ1v) is 9.68. The average molecular weight is 373 g/mol. The monoisotopic (exact) mass is 373 g/mol. The number of nitrogens with one attached hydrogen (secondary N) is 1. The van der Waals surface area contributed by atoms with E-state index in [0.29, 0.717) is 12.1 Å². The van der Waals surface area contributed by atoms with E-state index in [9.17, 15) is 4.79 Å². The maximum Gasteiger partial charge on any atom is 0.255 e. The van der Waals surface area contributed by atoms with E-state index in [1.54, 1.807) is 6.07 Å². The summed E-state index contributed by atoms with van der Waals surface area (Å²) in [5.41, 5.74) is 4.47. The molecule has 0 amide bonds. The Labute approximate surface area is 164 Å². The number of hydrogen-bond donors (Lipinski definition) is 1. The molecule has 1 aliphatic heterocycles. The highest BCUT2D eigenvalue weighted by atomic mass is 16.1. The van der Waals surface area contributed by atoms with Crippen LogP contribution in [-0.2, 0) is 25.9 Å². The first kappa shape index (κ1) is 18.2. The SMILES string of the molecule is CCCc1nc2c(c(=O)[nH]1)CN(Cc1cccn1-c1cccc(C#N)c1)CC2. The Morgan fingerprint density at radius 3 is 3.00 bits per heavy atom. The van der Waals surface area contributed by atoms with Crippen LogP contribution < -0.4 is 5.56 Å². The van der Waals surface area contributed by atoms with Gasteiger partial charge in [-0.2, -0.15) is 5.26 Å². The van der Waals surface area contributed by atoms with Crippen molar-refractivity contribution in [3.63, 3.8) is 0 Å². The van der Waals surface area contributed by atoms with Crippen LogP contribution in [-0.4, -0.2) is 26.0 Å². The van der Waals surface area contributed by atoms with Crippen LogP contribution in [0.3, 0.4) is 0 Å². The molecule has 2 aromatic heterocycles. The summed E-state index contributed by atoms with van der Waals surface area (Å²) in [6.45, 7) is 4.30. The van der Waals surface area contributed by atoms with E-state index >= 15 is 0 Å². The van der Waals surface area contributed by atoms with Gasteiger partial charge in [0.05, 0.1) is 22.9 Å². The largest absolute Gasteiger partial charge is 0.320 e. The van der Waals surface area contributed by atoms with Crippen LogP contribution in [0.1, 0.15) is 41.7 Å². The lowest BCUT2D eigenvalue weighted by molar-refractivity contribution is 0.237. The van der Waals surface area contributed by atoms with Crippen molar-refractivity contribution >= 4 is 0 Å². The molecule has 6 nitrogen and oxygen atoms in total. The molecule has 0 aliphatic carbocycles. The van der Waals surface area contributed by atoms with Gasteiger partial charge in [0.2, 0.25) is 0 Å². The van der Waals surface area contributed by atoms with Crippen molar-refractivity contribution in [1.29, 1.82) is 5.26 Å². The molecule has 0 unspecified atom stereocenters. The highest BCUT2D eigenvalue weighted by Crippen LogP contribution is 2.20. The van der Waals surface area contributed by atoms with Crippen LogP contribution in [0.2, 0.25) is 0 Å². The molecule has 0 atom stereocenters. The van der Waals surface area contributed by atoms with Crippen molar-refractivity contribution in [3.05, 3.63) is 81.3 Å². The molecule has 0 saturated carbocycles. The van der Waals surface area contributed by atoms with E-state index in [1.807, 2.05) is 30.5 Å². The van der Waals surface area contributed by atoms with Crippen LogP contribution in [0.25, 0.3) is 5.69 Å². The quantitative estimate of drug-likeness (QED) is 0.746. The van der Waals surface area contributed by atoms with Gasteiger partial charge in [0.15, 0.2) is 0 Å². The highest BCUT2D eigenvalue weighted by molar-refractivity contribution is 5.42. The molecule has 1 aromatic carbocycles. The third kappa shape index (κ3) is 3.62. The van der Waals surface area contributed by atoms with Crippen molar-refractivity contribution < 1.29 is 0 Å². The van der Waals surface area contributed by atoms with Gasteiger partial charge in [0, 0.05) is 50.1 Å². The molecule has 1 aliphatic rings. The van der Waals surface area contributed by atoms with E-state index in [-0.39, 0.29) is 5.56 Å². The zero-order valence-corrected chi connectivity index (χ0v) is 16.0. The second kappa shape index (κ2) is 7.83. The third-order valence-corrected chi connectivity index (χ3v) is 5.16. The fourth-order valence-electron chi connectivity index (χ4n) is 3.77. The van der Waals surface area contributed by atoms with Crippen molar-refractivity contribution in [2.75, 3.05) is 6.54 Å². The molecule has 0 spiro atoms. The van der Waals surface area contributed by atoms with Crippen molar-refractivity contribution in [1.82, 2.24) is 19.4 Å². The fraction of sp³-hybridized carbons (Fsp3) is 0.318. The Kier molecular flexibility index (Phi) is 5.09. The molecule has 4 rings (SSSR count). The number of aryl methyl sites for hydroxylation is 1. The number of aromatic amines is 1. The number of aromatic nitrogens is 3. The summed E-state index contributed by atoms with van der Waals surface area (Å²) in [6.07, 6.45) is 4.58. The molecule has 0 bridgehead atoms. The van der Waals surface area contributed by atoms with E-state index < -0.39 is 0 Å². The summed E-state index contributed by atoms with van der Waals surface area (Å²) < 4.78 is 2.10. The minimum atomic E-state index is -0.00439. The Bertz CT molecular complexity index is 1090. The first-order valence-electron chi connectivity index (χ1n) is 9.68. The third-order valence-electron chi connectivity index (χ3n) is 5.16. The predicted molar refractivity (Wildman–Crippen MR) is 107 cm³/mol. The predicted octanol–water partition coefficient (Wildman–Crippen LogP) is 2.94. The average Bonchev–Trinajstić information content (AvgIpc) is 3.17. The first-order chi connectivity index (χ1) is 13.7. The standard InChI is InChI=1S/C22H23N5O/c1-2-5-21-24-20-9-11-26(15-19(20)22(28)25-21)14-18-8-4-10-27(18)17-7-3-6-16(12-17)13-23/h3-4,6-8,10,12H,2,5,9,11,14-15H2,1H3,(H,24,25,28). The topological polar surface area (TPSA) is 77.7 Å². The zero-order chi connectivity index (χ0) is 19.5. The summed E-state index contributed by atoms with van der Waals surface area (Å²) in [4.78, 5) is 22.4. The lowest BCUT2D eigenvalue weighted by Gasteiger charge is -2.28. The molecule has 0 radical (unpaired) electrons. The maximum atomic E-state index is 12.5. The maximum absolute atomic E-state index is 12.5. The minimum absolute atomic E-state index is 0.00439. The molecule has 142 valence electrons. The van der Waals surface area contributed by atoms with E-state index in [0.717, 1.165) is 60.8 Å². The van der Waals surface area contributed by atoms with Gasteiger partial charge < -0.3 is 9.55 Å². The van der Waals surface area contributed by atoms with Crippen LogP contribution >= 0.6 is 0 Å². The van der Waals surface area contributed by atoms with Gasteiger partial charge in [-0.1, -0.05) is 13.0 Å². The smallest absolute Gasteiger partial charge is 0.255 e. The number of H-pyrrole nitrogens is 1. The summed E-state index contributed by atoms with van der Waals surface area (Å²) in [7, 11) is 0. The van der Waals surface area contributed by atoms with Crippen LogP contribution in [0, 0.1) is 11.3 Å². The van der Waals surface area contributed by atoms with E-state index in [1.165, 1.54) is 0 Å². The van der Waals surface area contributed by atoms with Gasteiger partial charge >= 0.3 is 0 Å². The van der Waals surface area contributed by atoms with Crippen molar-refractivity contribution in [2.24, 2.45) is 0 Å². The van der Waals surface area contributed by atoms with Crippen LogP contribution in [0.5, 0.6) is 0 Å². The summed E-state index contributed by atoms with van der Waals surface area (Å²) in [6, 6.07) is 13.9. The van der Waals surface area contributed by atoms with Crippen LogP contribution in [0.4, 0.5) is 0 Å². The number of nitrogens with zero attached hydrogens (tertiary/aromatic N) is 4. The lowest BCUT2D eigenvalue weighted by Crippen LogP contribution is -2.36. The molecule has 0 saturated heterocycles. The van der Waals surface area contributed by atoms with Gasteiger partial charge in [-0.25, -0.2) is 4.98 Å². The minimum Gasteiger partial charge on any atom is -0.320 e. The van der Waals surface area contributed by atoms with E-state index in [4.69, 9.17) is 5.26 Å². The van der Waals surface area contributed by atoms with Crippen molar-refractivity contribution in [3.8, 4) is 11.8 Å². The molecular weight excluding hydrogens is 350 g/mol. The Hall–Kier alpha value is -3.17. The molecule has 3 heterocycles. The molecule has 0 fully saturated rings. The molecule has 3 aromatic rings. The second-order valence-corrected chi connectivity index (χ2v) is 7.18. The number of hydrogen-bond acceptors (Lipinski definition) is 4. The molecular formula is C22H23N5O. The van der Waals surface area contributed by atoms with Gasteiger partial charge in [-0.05, 0) is 36.8 Å². The normalized spacial score (nSPS) is 13.9. The zero-order valence-electron chi connectivity index (χ0n) is 16.0. The van der Waals surface area contributed by atoms with Gasteiger partial charge in [0.25, 0.3) is 5.56 Å². The van der Waals surface area contributed by atoms with Gasteiger partial charge in [-0.3, -0.25) is 9.69 Å². The number of benzene rings is 1.